The summed E-state index contributed by atoms with van der Waals surface area (Å²) in [6.07, 6.45) is 1.99. The zero-order chi connectivity index (χ0) is 12.3. The summed E-state index contributed by atoms with van der Waals surface area (Å²) in [6, 6.07) is 0.597. The van der Waals surface area contributed by atoms with Gasteiger partial charge in [-0.25, -0.2) is 12.7 Å². The molecule has 0 amide bonds. The Labute approximate surface area is 105 Å². The van der Waals surface area contributed by atoms with Gasteiger partial charge in [-0.05, 0) is 19.4 Å². The normalized spacial score (nSPS) is 26.7. The van der Waals surface area contributed by atoms with Crippen molar-refractivity contribution in [3.8, 4) is 0 Å². The van der Waals surface area contributed by atoms with Crippen molar-refractivity contribution >= 4 is 10.9 Å². The van der Waals surface area contributed by atoms with Gasteiger partial charge >= 0.3 is 0 Å². The molecule has 100 valence electrons. The van der Waals surface area contributed by atoms with Gasteiger partial charge in [0, 0.05) is 45.3 Å². The van der Waals surface area contributed by atoms with Gasteiger partial charge in [-0.2, -0.15) is 0 Å². The van der Waals surface area contributed by atoms with Crippen LogP contribution < -0.4 is 0 Å². The molecule has 0 saturated carbocycles. The second-order valence-electron chi connectivity index (χ2n) is 4.89. The van der Waals surface area contributed by atoms with E-state index >= 15 is 0 Å². The molecule has 0 aromatic rings. The summed E-state index contributed by atoms with van der Waals surface area (Å²) in [5.41, 5.74) is 0. The molecule has 0 spiro atoms. The van der Waals surface area contributed by atoms with Crippen LogP contribution in [0.25, 0.3) is 0 Å². The topological polar surface area (TPSA) is 43.9 Å². The maximum absolute atomic E-state index is 10.9. The van der Waals surface area contributed by atoms with Gasteiger partial charge in [0.25, 0.3) is 0 Å². The third kappa shape index (κ3) is 3.40. The highest BCUT2D eigenvalue weighted by atomic mass is 32.2. The molecule has 0 unspecified atom stereocenters. The molecule has 2 heterocycles. The Morgan fingerprint density at radius 2 is 1.59 bits per heavy atom. The number of hydrogen-bond acceptors (Lipinski definition) is 4. The molecule has 0 atom stereocenters. The van der Waals surface area contributed by atoms with E-state index in [9.17, 15) is 8.42 Å². The van der Waals surface area contributed by atoms with Crippen LogP contribution >= 0.6 is 0 Å². The van der Waals surface area contributed by atoms with Crippen LogP contribution in [0.5, 0.6) is 0 Å². The van der Waals surface area contributed by atoms with Crippen LogP contribution in [0.3, 0.4) is 0 Å². The van der Waals surface area contributed by atoms with E-state index in [-0.39, 0.29) is 0 Å². The zero-order valence-electron chi connectivity index (χ0n) is 10.5. The van der Waals surface area contributed by atoms with E-state index in [0.717, 1.165) is 45.6 Å². The van der Waals surface area contributed by atoms with Gasteiger partial charge in [-0.15, -0.1) is 0 Å². The fourth-order valence-corrected chi connectivity index (χ4v) is 3.38. The van der Waals surface area contributed by atoms with Crippen molar-refractivity contribution in [3.05, 3.63) is 0 Å². The highest BCUT2D eigenvalue weighted by Crippen LogP contribution is 2.18. The number of hydrogen-bond donors (Lipinski definition) is 1. The lowest BCUT2D eigenvalue weighted by atomic mass is 10.0. The lowest BCUT2D eigenvalue weighted by Gasteiger charge is -2.41. The van der Waals surface area contributed by atoms with Gasteiger partial charge in [0.05, 0.1) is 0 Å². The van der Waals surface area contributed by atoms with Crippen molar-refractivity contribution in [2.45, 2.75) is 25.8 Å². The van der Waals surface area contributed by atoms with Crippen molar-refractivity contribution in [2.75, 3.05) is 45.8 Å². The molecule has 0 aromatic carbocycles. The molecule has 0 aliphatic carbocycles. The van der Waals surface area contributed by atoms with Crippen molar-refractivity contribution in [1.82, 2.24) is 14.1 Å². The molecule has 5 nitrogen and oxygen atoms in total. The van der Waals surface area contributed by atoms with Crippen LogP contribution in [-0.4, -0.2) is 74.4 Å². The minimum absolute atomic E-state index is 0.597. The van der Waals surface area contributed by atoms with Crippen LogP contribution in [-0.2, 0) is 10.9 Å². The molecular formula is C11H23N3O2S. The molecule has 6 heteroatoms. The van der Waals surface area contributed by atoms with Gasteiger partial charge in [-0.1, -0.05) is 6.92 Å². The second kappa shape index (κ2) is 6.13. The maximum Gasteiger partial charge on any atom is 0.203 e. The van der Waals surface area contributed by atoms with E-state index in [2.05, 4.69) is 16.7 Å². The number of piperidine rings is 1. The summed E-state index contributed by atoms with van der Waals surface area (Å²) in [6.45, 7) is 9.36. The van der Waals surface area contributed by atoms with Crippen molar-refractivity contribution in [2.24, 2.45) is 0 Å². The van der Waals surface area contributed by atoms with Crippen LogP contribution in [0.2, 0.25) is 0 Å². The summed E-state index contributed by atoms with van der Waals surface area (Å²) < 4.78 is 23.3. The second-order valence-corrected chi connectivity index (χ2v) is 5.93. The summed E-state index contributed by atoms with van der Waals surface area (Å²) in [7, 11) is -2.36. The van der Waals surface area contributed by atoms with E-state index in [1.807, 2.05) is 0 Å². The first-order chi connectivity index (χ1) is 8.20. The van der Waals surface area contributed by atoms with Crippen molar-refractivity contribution in [1.29, 1.82) is 0 Å². The van der Waals surface area contributed by atoms with Crippen molar-refractivity contribution < 1.29 is 8.42 Å². The van der Waals surface area contributed by atoms with Crippen LogP contribution in [0.15, 0.2) is 0 Å². The Hall–Kier alpha value is -0.170. The Morgan fingerprint density at radius 3 is 2.06 bits per heavy atom. The number of rotatable bonds is 3. The molecule has 0 radical (unpaired) electrons. The zero-order valence-corrected chi connectivity index (χ0v) is 11.4. The number of likely N-dealkylation sites (N-methyl/N-ethyl adjacent to an activating group) is 1. The lowest BCUT2D eigenvalue weighted by molar-refractivity contribution is 0.0755. The van der Waals surface area contributed by atoms with E-state index in [1.54, 1.807) is 4.31 Å². The minimum atomic E-state index is -2.36. The number of nitrogens with zero attached hydrogens (tertiary/aromatic N) is 3. The SMILES string of the molecule is CCN1CCN(C2CCN([SH](=O)=O)CC2)CC1. The first-order valence-corrected chi connectivity index (χ1v) is 7.69. The Morgan fingerprint density at radius 1 is 1.00 bits per heavy atom. The third-order valence-electron chi connectivity index (χ3n) is 4.04. The van der Waals surface area contributed by atoms with E-state index < -0.39 is 10.9 Å². The van der Waals surface area contributed by atoms with E-state index in [4.69, 9.17) is 0 Å². The monoisotopic (exact) mass is 261 g/mol. The molecule has 17 heavy (non-hydrogen) atoms. The quantitative estimate of drug-likeness (QED) is 0.703. The molecular weight excluding hydrogens is 238 g/mol. The molecule has 0 aromatic heterocycles. The standard InChI is InChI=1S/C11H23N3O2S/c1-2-12-7-9-13(10-8-12)11-3-5-14(6-4-11)17(15)16/h11,17H,2-10H2,1H3. The van der Waals surface area contributed by atoms with Gasteiger partial charge < -0.3 is 4.90 Å². The van der Waals surface area contributed by atoms with Crippen molar-refractivity contribution in [3.63, 3.8) is 0 Å². The first-order valence-electron chi connectivity index (χ1n) is 6.56. The smallest absolute Gasteiger partial charge is 0.203 e. The summed E-state index contributed by atoms with van der Waals surface area (Å²) in [5.74, 6) is 0. The van der Waals surface area contributed by atoms with Gasteiger partial charge in [0.15, 0.2) is 0 Å². The molecule has 2 aliphatic rings. The Balaban J connectivity index is 1.78. The average Bonchev–Trinajstić information content (AvgIpc) is 2.39. The molecule has 2 saturated heterocycles. The Kier molecular flexibility index (Phi) is 4.78. The van der Waals surface area contributed by atoms with E-state index in [1.165, 1.54) is 0 Å². The predicted octanol–water partition coefficient (Wildman–Crippen LogP) is -0.385. The first kappa shape index (κ1) is 13.3. The maximum atomic E-state index is 10.9. The molecule has 2 aliphatic heterocycles. The number of thiol groups is 1. The largest absolute Gasteiger partial charge is 0.301 e. The average molecular weight is 261 g/mol. The molecule has 0 bridgehead atoms. The van der Waals surface area contributed by atoms with Crippen LogP contribution in [0.4, 0.5) is 0 Å². The number of piperazine rings is 1. The summed E-state index contributed by atoms with van der Waals surface area (Å²) in [4.78, 5) is 5.02. The van der Waals surface area contributed by atoms with Gasteiger partial charge in [-0.3, -0.25) is 4.90 Å². The molecule has 2 rings (SSSR count). The lowest BCUT2D eigenvalue weighted by Crippen LogP contribution is -2.52. The van der Waals surface area contributed by atoms with Gasteiger partial charge in [0.1, 0.15) is 0 Å². The Bertz CT molecular complexity index is 298. The van der Waals surface area contributed by atoms with E-state index in [0.29, 0.717) is 19.1 Å². The summed E-state index contributed by atoms with van der Waals surface area (Å²) in [5, 5.41) is 0. The predicted molar refractivity (Wildman–Crippen MR) is 68.6 cm³/mol. The highest BCUT2D eigenvalue weighted by Gasteiger charge is 2.27. The summed E-state index contributed by atoms with van der Waals surface area (Å²) >= 11 is 0. The fraction of sp³-hybridized carbons (Fsp3) is 1.00. The van der Waals surface area contributed by atoms with Gasteiger partial charge in [0.2, 0.25) is 10.9 Å². The highest BCUT2D eigenvalue weighted by molar-refractivity contribution is 7.69. The molecule has 0 N–H and O–H groups in total. The minimum Gasteiger partial charge on any atom is -0.301 e. The molecule has 2 fully saturated rings. The van der Waals surface area contributed by atoms with Crippen LogP contribution in [0, 0.1) is 0 Å². The fourth-order valence-electron chi connectivity index (χ4n) is 2.83. The van der Waals surface area contributed by atoms with Crippen LogP contribution in [0.1, 0.15) is 19.8 Å². The third-order valence-corrected chi connectivity index (χ3v) is 4.90.